The van der Waals surface area contributed by atoms with Crippen LogP contribution in [0.4, 0.5) is 0 Å². The van der Waals surface area contributed by atoms with Crippen molar-refractivity contribution in [3.8, 4) is 0 Å². The maximum Gasteiger partial charge on any atom is 0.166 e. The van der Waals surface area contributed by atoms with E-state index in [1.165, 1.54) is 19.3 Å². The van der Waals surface area contributed by atoms with Gasteiger partial charge in [-0.25, -0.2) is 0 Å². The van der Waals surface area contributed by atoms with Crippen LogP contribution in [-0.2, 0) is 9.53 Å². The summed E-state index contributed by atoms with van der Waals surface area (Å²) in [5.74, 6) is 0. The molecule has 0 saturated carbocycles. The largest absolute Gasteiger partial charge is 0.359 e. The van der Waals surface area contributed by atoms with E-state index < -0.39 is 0 Å². The third-order valence-electron chi connectivity index (χ3n) is 2.11. The van der Waals surface area contributed by atoms with Gasteiger partial charge in [0, 0.05) is 20.2 Å². The maximum absolute atomic E-state index is 10.5. The first-order chi connectivity index (χ1) is 5.38. The maximum atomic E-state index is 10.5. The molecular weight excluding hydrogens is 142 g/mol. The van der Waals surface area contributed by atoms with Crippen molar-refractivity contribution in [2.45, 2.75) is 25.5 Å². The van der Waals surface area contributed by atoms with Crippen molar-refractivity contribution in [2.24, 2.45) is 0 Å². The molecule has 0 aromatic rings. The molecule has 1 aliphatic rings. The summed E-state index contributed by atoms with van der Waals surface area (Å²) in [6.07, 6.45) is 4.22. The van der Waals surface area contributed by atoms with Crippen LogP contribution in [0.25, 0.3) is 0 Å². The van der Waals surface area contributed by atoms with Crippen molar-refractivity contribution in [2.75, 3.05) is 20.2 Å². The average Bonchev–Trinajstić information content (AvgIpc) is 2.09. The molecule has 1 aliphatic heterocycles. The monoisotopic (exact) mass is 157 g/mol. The SMILES string of the molecule is COC(C=O)N1CCCCC1. The third kappa shape index (κ3) is 2.27. The quantitative estimate of drug-likeness (QED) is 0.563. The van der Waals surface area contributed by atoms with E-state index in [-0.39, 0.29) is 6.23 Å². The molecule has 1 fully saturated rings. The Bertz CT molecular complexity index is 121. The predicted molar refractivity (Wildman–Crippen MR) is 42.3 cm³/mol. The normalized spacial score (nSPS) is 23.0. The van der Waals surface area contributed by atoms with Gasteiger partial charge >= 0.3 is 0 Å². The van der Waals surface area contributed by atoms with Gasteiger partial charge in [0.2, 0.25) is 0 Å². The first-order valence-corrected chi connectivity index (χ1v) is 4.10. The second-order valence-corrected chi connectivity index (χ2v) is 2.86. The molecule has 1 saturated heterocycles. The zero-order valence-electron chi connectivity index (χ0n) is 6.95. The van der Waals surface area contributed by atoms with Gasteiger partial charge in [0.15, 0.2) is 12.5 Å². The molecule has 0 spiro atoms. The van der Waals surface area contributed by atoms with Crippen LogP contribution in [0.1, 0.15) is 19.3 Å². The van der Waals surface area contributed by atoms with Crippen LogP contribution in [-0.4, -0.2) is 37.6 Å². The molecule has 64 valence electrons. The summed E-state index contributed by atoms with van der Waals surface area (Å²) in [5.41, 5.74) is 0. The smallest absolute Gasteiger partial charge is 0.166 e. The number of ether oxygens (including phenoxy) is 1. The highest BCUT2D eigenvalue weighted by Crippen LogP contribution is 2.11. The molecule has 0 radical (unpaired) electrons. The number of carbonyl (C=O) groups excluding carboxylic acids is 1. The van der Waals surface area contributed by atoms with E-state index in [4.69, 9.17) is 4.74 Å². The standard InChI is InChI=1S/C8H15NO2/c1-11-8(7-10)9-5-3-2-4-6-9/h7-8H,2-6H2,1H3. The summed E-state index contributed by atoms with van der Waals surface area (Å²) >= 11 is 0. The number of piperidine rings is 1. The van der Waals surface area contributed by atoms with Crippen LogP contribution >= 0.6 is 0 Å². The summed E-state index contributed by atoms with van der Waals surface area (Å²) < 4.78 is 5.00. The van der Waals surface area contributed by atoms with Crippen molar-refractivity contribution >= 4 is 6.29 Å². The lowest BCUT2D eigenvalue weighted by atomic mass is 10.1. The topological polar surface area (TPSA) is 29.5 Å². The van der Waals surface area contributed by atoms with Crippen molar-refractivity contribution in [1.82, 2.24) is 4.90 Å². The van der Waals surface area contributed by atoms with Gasteiger partial charge in [-0.05, 0) is 12.8 Å². The summed E-state index contributed by atoms with van der Waals surface area (Å²) in [6, 6.07) is 0. The van der Waals surface area contributed by atoms with Gasteiger partial charge in [-0.2, -0.15) is 0 Å². The van der Waals surface area contributed by atoms with E-state index in [0.717, 1.165) is 19.4 Å². The minimum Gasteiger partial charge on any atom is -0.359 e. The molecule has 3 nitrogen and oxygen atoms in total. The Morgan fingerprint density at radius 2 is 2.00 bits per heavy atom. The van der Waals surface area contributed by atoms with E-state index in [2.05, 4.69) is 4.90 Å². The lowest BCUT2D eigenvalue weighted by molar-refractivity contribution is -0.128. The van der Waals surface area contributed by atoms with Crippen molar-refractivity contribution in [1.29, 1.82) is 0 Å². The van der Waals surface area contributed by atoms with Crippen molar-refractivity contribution < 1.29 is 9.53 Å². The van der Waals surface area contributed by atoms with Crippen LogP contribution in [0.2, 0.25) is 0 Å². The molecule has 11 heavy (non-hydrogen) atoms. The third-order valence-corrected chi connectivity index (χ3v) is 2.11. The lowest BCUT2D eigenvalue weighted by Crippen LogP contribution is -2.41. The summed E-state index contributed by atoms with van der Waals surface area (Å²) in [5, 5.41) is 0. The fourth-order valence-electron chi connectivity index (χ4n) is 1.46. The Labute approximate surface area is 67.3 Å². The molecule has 0 bridgehead atoms. The van der Waals surface area contributed by atoms with Crippen molar-refractivity contribution in [3.05, 3.63) is 0 Å². The van der Waals surface area contributed by atoms with Gasteiger partial charge in [-0.15, -0.1) is 0 Å². The second kappa shape index (κ2) is 4.46. The zero-order chi connectivity index (χ0) is 8.10. The Morgan fingerprint density at radius 1 is 1.36 bits per heavy atom. The van der Waals surface area contributed by atoms with Crippen LogP contribution in [0.15, 0.2) is 0 Å². The summed E-state index contributed by atoms with van der Waals surface area (Å²) in [6.45, 7) is 1.99. The number of nitrogens with zero attached hydrogens (tertiary/aromatic N) is 1. The summed E-state index contributed by atoms with van der Waals surface area (Å²) in [7, 11) is 1.58. The fraction of sp³-hybridized carbons (Fsp3) is 0.875. The highest BCUT2D eigenvalue weighted by Gasteiger charge is 2.18. The molecule has 0 N–H and O–H groups in total. The van der Waals surface area contributed by atoms with Gasteiger partial charge in [0.25, 0.3) is 0 Å². The highest BCUT2D eigenvalue weighted by molar-refractivity contribution is 5.55. The molecule has 1 unspecified atom stereocenters. The van der Waals surface area contributed by atoms with Gasteiger partial charge in [-0.1, -0.05) is 6.42 Å². The molecule has 0 amide bonds. The van der Waals surface area contributed by atoms with Gasteiger partial charge in [-0.3, -0.25) is 9.69 Å². The number of likely N-dealkylation sites (tertiary alicyclic amines) is 1. The van der Waals surface area contributed by atoms with Gasteiger partial charge < -0.3 is 4.74 Å². The first kappa shape index (κ1) is 8.68. The fourth-order valence-corrected chi connectivity index (χ4v) is 1.46. The molecule has 0 aromatic carbocycles. The number of rotatable bonds is 3. The second-order valence-electron chi connectivity index (χ2n) is 2.86. The van der Waals surface area contributed by atoms with E-state index in [9.17, 15) is 4.79 Å². The predicted octanol–water partition coefficient (Wildman–Crippen LogP) is 0.644. The highest BCUT2D eigenvalue weighted by atomic mass is 16.5. The van der Waals surface area contributed by atoms with Crippen LogP contribution in [0, 0.1) is 0 Å². The molecule has 1 rings (SSSR count). The first-order valence-electron chi connectivity index (χ1n) is 4.10. The molecule has 0 aromatic heterocycles. The number of aldehydes is 1. The Morgan fingerprint density at radius 3 is 2.45 bits per heavy atom. The molecular formula is C8H15NO2. The minimum atomic E-state index is -0.310. The number of hydrogen-bond acceptors (Lipinski definition) is 3. The number of methoxy groups -OCH3 is 1. The van der Waals surface area contributed by atoms with Crippen molar-refractivity contribution in [3.63, 3.8) is 0 Å². The van der Waals surface area contributed by atoms with E-state index in [1.807, 2.05) is 0 Å². The van der Waals surface area contributed by atoms with E-state index in [0.29, 0.717) is 0 Å². The van der Waals surface area contributed by atoms with E-state index >= 15 is 0 Å². The number of carbonyl (C=O) groups is 1. The average molecular weight is 157 g/mol. The number of hydrogen-bond donors (Lipinski definition) is 0. The van der Waals surface area contributed by atoms with Gasteiger partial charge in [0.1, 0.15) is 0 Å². The van der Waals surface area contributed by atoms with Crippen LogP contribution < -0.4 is 0 Å². The van der Waals surface area contributed by atoms with Crippen LogP contribution in [0.5, 0.6) is 0 Å². The zero-order valence-corrected chi connectivity index (χ0v) is 6.95. The minimum absolute atomic E-state index is 0.310. The molecule has 0 aliphatic carbocycles. The molecule has 1 heterocycles. The Balaban J connectivity index is 2.35. The summed E-state index contributed by atoms with van der Waals surface area (Å²) in [4.78, 5) is 12.5. The van der Waals surface area contributed by atoms with E-state index in [1.54, 1.807) is 7.11 Å². The Hall–Kier alpha value is -0.410. The lowest BCUT2D eigenvalue weighted by Gasteiger charge is -2.29. The van der Waals surface area contributed by atoms with Crippen LogP contribution in [0.3, 0.4) is 0 Å². The van der Waals surface area contributed by atoms with Gasteiger partial charge in [0.05, 0.1) is 0 Å². The molecule has 3 heteroatoms. The molecule has 1 atom stereocenters. The Kier molecular flexibility index (Phi) is 3.52.